The molecule has 4 atom stereocenters. The Bertz CT molecular complexity index is 856. The van der Waals surface area contributed by atoms with E-state index < -0.39 is 0 Å². The zero-order valence-electron chi connectivity index (χ0n) is 19.4. The van der Waals surface area contributed by atoms with Gasteiger partial charge in [0.05, 0.1) is 17.8 Å². The molecule has 7 nitrogen and oxygen atoms in total. The van der Waals surface area contributed by atoms with Crippen LogP contribution >= 0.6 is 0 Å². The van der Waals surface area contributed by atoms with Crippen molar-refractivity contribution in [2.45, 2.75) is 65.0 Å². The van der Waals surface area contributed by atoms with E-state index in [4.69, 9.17) is 0 Å². The summed E-state index contributed by atoms with van der Waals surface area (Å²) in [6.07, 6.45) is 8.92. The van der Waals surface area contributed by atoms with E-state index in [0.29, 0.717) is 36.4 Å². The zero-order chi connectivity index (χ0) is 22.1. The van der Waals surface area contributed by atoms with Gasteiger partial charge in [0.15, 0.2) is 0 Å². The normalized spacial score (nSPS) is 28.3. The zero-order valence-corrected chi connectivity index (χ0v) is 19.4. The second-order valence-corrected chi connectivity index (χ2v) is 9.89. The summed E-state index contributed by atoms with van der Waals surface area (Å²) >= 11 is 0. The summed E-state index contributed by atoms with van der Waals surface area (Å²) in [6, 6.07) is 0.409. The Morgan fingerprint density at radius 2 is 2.06 bits per heavy atom. The molecule has 170 valence electrons. The number of nitrogens with zero attached hydrogens (tertiary/aromatic N) is 4. The number of aryl methyl sites for hydroxylation is 1. The maximum absolute atomic E-state index is 12.9. The first-order valence-corrected chi connectivity index (χ1v) is 11.8. The fourth-order valence-corrected chi connectivity index (χ4v) is 5.87. The van der Waals surface area contributed by atoms with E-state index >= 15 is 0 Å². The van der Waals surface area contributed by atoms with Crippen LogP contribution in [0.1, 0.15) is 62.0 Å². The van der Waals surface area contributed by atoms with Crippen LogP contribution < -0.4 is 5.32 Å². The average Bonchev–Trinajstić information content (AvgIpc) is 3.06. The van der Waals surface area contributed by atoms with Crippen molar-refractivity contribution >= 4 is 11.8 Å². The number of likely N-dealkylation sites (tertiary alicyclic amines) is 1. The molecule has 7 heteroatoms. The second-order valence-electron chi connectivity index (χ2n) is 9.89. The Kier molecular flexibility index (Phi) is 6.51. The standard InChI is InChI=1S/C24H37N5O2/c1-16(2)7-6-10-28-14-18-11-19(15-28)22(29-21(18)8-5-9-23(29)30)13-25-24(31)20-12-26-27(4)17(20)3/h7,12,18-19,21-22H,5-6,8-11,13-15H2,1-4H3,(H,25,31)/t18-,19+,21+,22+/m1/s1. The van der Waals surface area contributed by atoms with E-state index in [1.165, 1.54) is 12.0 Å². The number of piperidine rings is 3. The van der Waals surface area contributed by atoms with Gasteiger partial charge in [0, 0.05) is 51.4 Å². The van der Waals surface area contributed by atoms with Crippen molar-refractivity contribution in [3.8, 4) is 0 Å². The van der Waals surface area contributed by atoms with Crippen molar-refractivity contribution in [3.63, 3.8) is 0 Å². The molecule has 4 heterocycles. The predicted octanol–water partition coefficient (Wildman–Crippen LogP) is 2.52. The van der Waals surface area contributed by atoms with Crippen molar-refractivity contribution in [2.75, 3.05) is 26.2 Å². The summed E-state index contributed by atoms with van der Waals surface area (Å²) in [4.78, 5) is 30.5. The van der Waals surface area contributed by atoms with Crippen molar-refractivity contribution in [2.24, 2.45) is 18.9 Å². The van der Waals surface area contributed by atoms with Crippen LogP contribution in [-0.2, 0) is 11.8 Å². The Morgan fingerprint density at radius 3 is 2.77 bits per heavy atom. The van der Waals surface area contributed by atoms with E-state index in [1.54, 1.807) is 10.9 Å². The lowest BCUT2D eigenvalue weighted by molar-refractivity contribution is -0.152. The third-order valence-electron chi connectivity index (χ3n) is 7.52. The lowest BCUT2D eigenvalue weighted by atomic mass is 9.72. The van der Waals surface area contributed by atoms with Gasteiger partial charge in [-0.25, -0.2) is 0 Å². The minimum atomic E-state index is -0.0926. The maximum atomic E-state index is 12.9. The summed E-state index contributed by atoms with van der Waals surface area (Å²) in [5, 5.41) is 7.33. The van der Waals surface area contributed by atoms with Gasteiger partial charge in [-0.05, 0) is 58.3 Å². The highest BCUT2D eigenvalue weighted by Crippen LogP contribution is 2.41. The molecule has 1 aromatic rings. The minimum absolute atomic E-state index is 0.0845. The molecule has 0 saturated carbocycles. The summed E-state index contributed by atoms with van der Waals surface area (Å²) in [7, 11) is 1.84. The number of carbonyl (C=O) groups excluding carboxylic acids is 2. The Morgan fingerprint density at radius 1 is 1.29 bits per heavy atom. The van der Waals surface area contributed by atoms with E-state index in [-0.39, 0.29) is 17.9 Å². The van der Waals surface area contributed by atoms with Crippen LogP contribution in [0.4, 0.5) is 0 Å². The Hall–Kier alpha value is -2.15. The molecule has 3 fully saturated rings. The van der Waals surface area contributed by atoms with Crippen molar-refractivity contribution < 1.29 is 9.59 Å². The monoisotopic (exact) mass is 427 g/mol. The lowest BCUT2D eigenvalue weighted by Gasteiger charge is -2.56. The number of rotatable bonds is 6. The van der Waals surface area contributed by atoms with Gasteiger partial charge in [-0.1, -0.05) is 11.6 Å². The van der Waals surface area contributed by atoms with Crippen molar-refractivity contribution in [1.82, 2.24) is 24.9 Å². The number of fused-ring (bicyclic) bond motifs is 4. The maximum Gasteiger partial charge on any atom is 0.254 e. The number of aromatic nitrogens is 2. The SMILES string of the molecule is CC(C)=CCCN1C[C@H]2C[C@@H](C1)[C@H](CNC(=O)c1cnn(C)c1C)N1C(=O)CCC[C@@H]21. The van der Waals surface area contributed by atoms with Crippen LogP contribution in [0.15, 0.2) is 17.8 Å². The van der Waals surface area contributed by atoms with Crippen LogP contribution in [0.3, 0.4) is 0 Å². The number of hydrogen-bond acceptors (Lipinski definition) is 4. The number of allylic oxidation sites excluding steroid dienone is 1. The first kappa shape index (κ1) is 22.1. The van der Waals surface area contributed by atoms with E-state index in [0.717, 1.165) is 44.6 Å². The third kappa shape index (κ3) is 4.56. The fourth-order valence-electron chi connectivity index (χ4n) is 5.87. The van der Waals surface area contributed by atoms with Gasteiger partial charge in [-0.3, -0.25) is 14.3 Å². The minimum Gasteiger partial charge on any atom is -0.350 e. The topological polar surface area (TPSA) is 70.5 Å². The van der Waals surface area contributed by atoms with Gasteiger partial charge in [0.1, 0.15) is 0 Å². The molecule has 0 aromatic carbocycles. The molecule has 0 spiro atoms. The fraction of sp³-hybridized carbons (Fsp3) is 0.708. The van der Waals surface area contributed by atoms with Crippen molar-refractivity contribution in [1.29, 1.82) is 0 Å². The summed E-state index contributed by atoms with van der Waals surface area (Å²) in [6.45, 7) is 9.91. The van der Waals surface area contributed by atoms with Crippen LogP contribution in [0.2, 0.25) is 0 Å². The molecule has 3 aliphatic heterocycles. The van der Waals surface area contributed by atoms with Crippen LogP contribution in [0.5, 0.6) is 0 Å². The summed E-state index contributed by atoms with van der Waals surface area (Å²) in [5.74, 6) is 1.16. The number of hydrogen-bond donors (Lipinski definition) is 1. The van der Waals surface area contributed by atoms with E-state index in [1.807, 2.05) is 14.0 Å². The van der Waals surface area contributed by atoms with Crippen LogP contribution in [0.25, 0.3) is 0 Å². The molecule has 3 saturated heterocycles. The lowest BCUT2D eigenvalue weighted by Crippen LogP contribution is -2.67. The van der Waals surface area contributed by atoms with Gasteiger partial charge in [-0.15, -0.1) is 0 Å². The largest absolute Gasteiger partial charge is 0.350 e. The quantitative estimate of drug-likeness (QED) is 0.709. The van der Waals surface area contributed by atoms with Crippen LogP contribution in [-0.4, -0.2) is 69.7 Å². The second kappa shape index (κ2) is 9.15. The molecule has 2 amide bonds. The number of amides is 2. The smallest absolute Gasteiger partial charge is 0.254 e. The number of nitrogens with one attached hydrogen (secondary N) is 1. The Balaban J connectivity index is 1.48. The molecule has 0 unspecified atom stereocenters. The predicted molar refractivity (Wildman–Crippen MR) is 121 cm³/mol. The van der Waals surface area contributed by atoms with Crippen molar-refractivity contribution in [3.05, 3.63) is 29.1 Å². The molecule has 2 bridgehead atoms. The Labute approximate surface area is 185 Å². The van der Waals surface area contributed by atoms with E-state index in [2.05, 4.69) is 40.1 Å². The van der Waals surface area contributed by atoms with E-state index in [9.17, 15) is 9.59 Å². The highest BCUT2D eigenvalue weighted by molar-refractivity contribution is 5.95. The summed E-state index contributed by atoms with van der Waals surface area (Å²) < 4.78 is 1.72. The molecule has 1 aromatic heterocycles. The van der Waals surface area contributed by atoms with Gasteiger partial charge in [0.2, 0.25) is 5.91 Å². The number of carbonyl (C=O) groups is 2. The molecular weight excluding hydrogens is 390 g/mol. The first-order valence-electron chi connectivity index (χ1n) is 11.8. The molecule has 4 rings (SSSR count). The van der Waals surface area contributed by atoms with Gasteiger partial charge in [0.25, 0.3) is 5.91 Å². The first-order chi connectivity index (χ1) is 14.8. The highest BCUT2D eigenvalue weighted by atomic mass is 16.2. The van der Waals surface area contributed by atoms with Crippen LogP contribution in [0, 0.1) is 18.8 Å². The molecule has 1 N–H and O–H groups in total. The van der Waals surface area contributed by atoms with Gasteiger partial charge >= 0.3 is 0 Å². The highest BCUT2D eigenvalue weighted by Gasteiger charge is 2.49. The summed E-state index contributed by atoms with van der Waals surface area (Å²) in [5.41, 5.74) is 2.84. The van der Waals surface area contributed by atoms with Gasteiger partial charge in [-0.2, -0.15) is 5.10 Å². The molecule has 0 radical (unpaired) electrons. The third-order valence-corrected chi connectivity index (χ3v) is 7.52. The average molecular weight is 428 g/mol. The molecule has 3 aliphatic rings. The molecule has 31 heavy (non-hydrogen) atoms. The molecular formula is C24H37N5O2. The molecule has 0 aliphatic carbocycles. The van der Waals surface area contributed by atoms with Gasteiger partial charge < -0.3 is 15.1 Å².